The average molecular weight is 381 g/mol. The second-order valence-corrected chi connectivity index (χ2v) is 8.58. The normalized spacial score (nSPS) is 24.3. The van der Waals surface area contributed by atoms with Crippen molar-refractivity contribution < 1.29 is 4.79 Å². The Morgan fingerprint density at radius 3 is 2.71 bits per heavy atom. The number of piperazine rings is 1. The molecule has 28 heavy (non-hydrogen) atoms. The van der Waals surface area contributed by atoms with Gasteiger partial charge in [-0.15, -0.1) is 0 Å². The third kappa shape index (κ3) is 4.89. The van der Waals surface area contributed by atoms with Crippen LogP contribution in [0, 0.1) is 5.92 Å². The number of carbonyl (C=O) groups excluding carboxylic acids is 1. The number of carbonyl (C=O) groups is 1. The van der Waals surface area contributed by atoms with Crippen molar-refractivity contribution in [1.82, 2.24) is 20.1 Å². The van der Waals surface area contributed by atoms with Crippen LogP contribution >= 0.6 is 0 Å². The molecule has 150 valence electrons. The van der Waals surface area contributed by atoms with Gasteiger partial charge >= 0.3 is 0 Å². The zero-order chi connectivity index (χ0) is 19.3. The van der Waals surface area contributed by atoms with Gasteiger partial charge in [-0.1, -0.05) is 44.0 Å². The van der Waals surface area contributed by atoms with Gasteiger partial charge in [0.05, 0.1) is 12.1 Å². The zero-order valence-electron chi connectivity index (χ0n) is 16.9. The SMILES string of the molecule is CC1CCCC(NC(=O)CN2CCN(Cc3cccc4cccnc34)CC2)C1. The number of fused-ring (bicyclic) bond motifs is 1. The van der Waals surface area contributed by atoms with Gasteiger partial charge in [-0.25, -0.2) is 0 Å². The average Bonchev–Trinajstić information content (AvgIpc) is 2.70. The van der Waals surface area contributed by atoms with Gasteiger partial charge in [0.1, 0.15) is 0 Å². The Bertz CT molecular complexity index is 795. The Morgan fingerprint density at radius 1 is 1.11 bits per heavy atom. The number of amides is 1. The quantitative estimate of drug-likeness (QED) is 0.866. The van der Waals surface area contributed by atoms with E-state index in [9.17, 15) is 4.79 Å². The lowest BCUT2D eigenvalue weighted by Crippen LogP contribution is -2.50. The Morgan fingerprint density at radius 2 is 1.89 bits per heavy atom. The predicted molar refractivity (Wildman–Crippen MR) is 113 cm³/mol. The molecule has 2 unspecified atom stereocenters. The van der Waals surface area contributed by atoms with Crippen molar-refractivity contribution in [3.05, 3.63) is 42.1 Å². The zero-order valence-corrected chi connectivity index (χ0v) is 16.9. The molecule has 2 atom stereocenters. The van der Waals surface area contributed by atoms with E-state index < -0.39 is 0 Å². The molecule has 0 spiro atoms. The Hall–Kier alpha value is -1.98. The molecule has 2 heterocycles. The molecule has 5 nitrogen and oxygen atoms in total. The number of pyridine rings is 1. The molecule has 2 aromatic rings. The predicted octanol–water partition coefficient (Wildman–Crippen LogP) is 3.05. The molecule has 1 aliphatic heterocycles. The summed E-state index contributed by atoms with van der Waals surface area (Å²) in [7, 11) is 0. The molecule has 1 saturated heterocycles. The van der Waals surface area contributed by atoms with Gasteiger partial charge in [0, 0.05) is 50.3 Å². The summed E-state index contributed by atoms with van der Waals surface area (Å²) in [5.41, 5.74) is 2.39. The minimum Gasteiger partial charge on any atom is -0.352 e. The monoisotopic (exact) mass is 380 g/mol. The Balaban J connectivity index is 1.25. The largest absolute Gasteiger partial charge is 0.352 e. The van der Waals surface area contributed by atoms with Crippen molar-refractivity contribution in [1.29, 1.82) is 0 Å². The Labute approximate surface area is 168 Å². The second kappa shape index (κ2) is 9.01. The van der Waals surface area contributed by atoms with Crippen LogP contribution in [0.2, 0.25) is 0 Å². The number of hydrogen-bond donors (Lipinski definition) is 1. The van der Waals surface area contributed by atoms with E-state index in [2.05, 4.69) is 51.3 Å². The van der Waals surface area contributed by atoms with Crippen molar-refractivity contribution in [3.8, 4) is 0 Å². The number of benzene rings is 1. The first-order valence-electron chi connectivity index (χ1n) is 10.7. The lowest BCUT2D eigenvalue weighted by Gasteiger charge is -2.35. The maximum Gasteiger partial charge on any atom is 0.234 e. The summed E-state index contributed by atoms with van der Waals surface area (Å²) in [6.45, 7) is 7.65. The first-order chi connectivity index (χ1) is 13.7. The highest BCUT2D eigenvalue weighted by molar-refractivity contribution is 5.81. The van der Waals surface area contributed by atoms with Gasteiger partial charge in [0.15, 0.2) is 0 Å². The summed E-state index contributed by atoms with van der Waals surface area (Å²) < 4.78 is 0. The van der Waals surface area contributed by atoms with E-state index in [1.807, 2.05) is 12.3 Å². The van der Waals surface area contributed by atoms with Crippen LogP contribution in [0.5, 0.6) is 0 Å². The molecule has 0 radical (unpaired) electrons. The molecule has 1 N–H and O–H groups in total. The highest BCUT2D eigenvalue weighted by Crippen LogP contribution is 2.23. The van der Waals surface area contributed by atoms with E-state index in [1.165, 1.54) is 23.8 Å². The fourth-order valence-electron chi connectivity index (χ4n) is 4.68. The molecule has 1 aromatic carbocycles. The summed E-state index contributed by atoms with van der Waals surface area (Å²) in [5, 5.41) is 4.47. The molecule has 4 rings (SSSR count). The maximum atomic E-state index is 12.4. The van der Waals surface area contributed by atoms with E-state index >= 15 is 0 Å². The van der Waals surface area contributed by atoms with Crippen LogP contribution in [0.25, 0.3) is 10.9 Å². The van der Waals surface area contributed by atoms with Crippen LogP contribution in [-0.2, 0) is 11.3 Å². The van der Waals surface area contributed by atoms with E-state index in [0.717, 1.165) is 57.0 Å². The van der Waals surface area contributed by atoms with E-state index in [1.54, 1.807) is 0 Å². The lowest BCUT2D eigenvalue weighted by atomic mass is 9.87. The van der Waals surface area contributed by atoms with Crippen molar-refractivity contribution in [2.24, 2.45) is 5.92 Å². The third-order valence-corrected chi connectivity index (χ3v) is 6.24. The van der Waals surface area contributed by atoms with Crippen LogP contribution in [0.3, 0.4) is 0 Å². The van der Waals surface area contributed by atoms with Gasteiger partial charge in [0.25, 0.3) is 0 Å². The van der Waals surface area contributed by atoms with Crippen LogP contribution < -0.4 is 5.32 Å². The first-order valence-corrected chi connectivity index (χ1v) is 10.7. The molecule has 1 saturated carbocycles. The minimum atomic E-state index is 0.200. The molecule has 0 bridgehead atoms. The van der Waals surface area contributed by atoms with Crippen LogP contribution in [0.4, 0.5) is 0 Å². The number of nitrogens with one attached hydrogen (secondary N) is 1. The molecule has 1 amide bonds. The van der Waals surface area contributed by atoms with Crippen molar-refractivity contribution >= 4 is 16.8 Å². The highest BCUT2D eigenvalue weighted by atomic mass is 16.2. The number of para-hydroxylation sites is 1. The van der Waals surface area contributed by atoms with Crippen LogP contribution in [0.1, 0.15) is 38.2 Å². The van der Waals surface area contributed by atoms with Gasteiger partial charge in [-0.2, -0.15) is 0 Å². The summed E-state index contributed by atoms with van der Waals surface area (Å²) in [6, 6.07) is 10.9. The molecule has 2 fully saturated rings. The summed E-state index contributed by atoms with van der Waals surface area (Å²) >= 11 is 0. The van der Waals surface area contributed by atoms with Crippen LogP contribution in [-0.4, -0.2) is 59.5 Å². The molecule has 5 heteroatoms. The van der Waals surface area contributed by atoms with Gasteiger partial charge in [-0.05, 0) is 30.4 Å². The number of aromatic nitrogens is 1. The summed E-state index contributed by atoms with van der Waals surface area (Å²) in [5.74, 6) is 0.942. The molecular weight excluding hydrogens is 348 g/mol. The van der Waals surface area contributed by atoms with Crippen molar-refractivity contribution in [3.63, 3.8) is 0 Å². The van der Waals surface area contributed by atoms with E-state index in [4.69, 9.17) is 0 Å². The maximum absolute atomic E-state index is 12.4. The van der Waals surface area contributed by atoms with Gasteiger partial charge in [-0.3, -0.25) is 19.6 Å². The smallest absolute Gasteiger partial charge is 0.234 e. The summed E-state index contributed by atoms with van der Waals surface area (Å²) in [6.07, 6.45) is 6.70. The van der Waals surface area contributed by atoms with Crippen LogP contribution in [0.15, 0.2) is 36.5 Å². The third-order valence-electron chi connectivity index (χ3n) is 6.24. The number of hydrogen-bond acceptors (Lipinski definition) is 4. The Kier molecular flexibility index (Phi) is 6.23. The number of rotatable bonds is 5. The standard InChI is InChI=1S/C23H32N4O/c1-18-5-2-9-21(15-18)25-22(28)17-27-13-11-26(12-14-27)16-20-7-3-6-19-8-4-10-24-23(19)20/h3-4,6-8,10,18,21H,2,5,9,11-17H2,1H3,(H,25,28). The topological polar surface area (TPSA) is 48.5 Å². The second-order valence-electron chi connectivity index (χ2n) is 8.58. The molecule has 1 aliphatic carbocycles. The summed E-state index contributed by atoms with van der Waals surface area (Å²) in [4.78, 5) is 21.8. The fourth-order valence-corrected chi connectivity index (χ4v) is 4.68. The number of nitrogens with zero attached hydrogens (tertiary/aromatic N) is 3. The first kappa shape index (κ1) is 19.3. The van der Waals surface area contributed by atoms with Crippen molar-refractivity contribution in [2.75, 3.05) is 32.7 Å². The lowest BCUT2D eigenvalue weighted by molar-refractivity contribution is -0.123. The van der Waals surface area contributed by atoms with Crippen molar-refractivity contribution in [2.45, 2.75) is 45.2 Å². The van der Waals surface area contributed by atoms with Gasteiger partial charge < -0.3 is 5.32 Å². The molecular formula is C23H32N4O. The minimum absolute atomic E-state index is 0.200. The van der Waals surface area contributed by atoms with E-state index in [0.29, 0.717) is 12.6 Å². The molecule has 1 aromatic heterocycles. The molecule has 2 aliphatic rings. The van der Waals surface area contributed by atoms with E-state index in [-0.39, 0.29) is 5.91 Å². The highest BCUT2D eigenvalue weighted by Gasteiger charge is 2.23. The van der Waals surface area contributed by atoms with Gasteiger partial charge in [0.2, 0.25) is 5.91 Å². The fraction of sp³-hybridized carbons (Fsp3) is 0.565.